The quantitative estimate of drug-likeness (QED) is 0.0744. The summed E-state index contributed by atoms with van der Waals surface area (Å²) in [6.07, 6.45) is 2.08. The Hall–Kier alpha value is -3.00. The van der Waals surface area contributed by atoms with Crippen LogP contribution >= 0.6 is 0 Å². The van der Waals surface area contributed by atoms with Gasteiger partial charge in [0.1, 0.15) is 11.5 Å². The molecule has 0 bridgehead atoms. The molecule has 51 heavy (non-hydrogen) atoms. The van der Waals surface area contributed by atoms with Gasteiger partial charge in [-0.25, -0.2) is 0 Å². The third kappa shape index (κ3) is 10.1. The highest BCUT2D eigenvalue weighted by atomic mass is 28.3. The molecule has 2 nitrogen and oxygen atoms in total. The smallest absolute Gasteiger partial charge is 0.119 e. The van der Waals surface area contributed by atoms with Crippen molar-refractivity contribution in [3.05, 3.63) is 132 Å². The molecule has 0 saturated carbocycles. The van der Waals surface area contributed by atoms with Crippen LogP contribution in [-0.2, 0) is 5.41 Å². The predicted molar refractivity (Wildman–Crippen MR) is 229 cm³/mol. The lowest BCUT2D eigenvalue weighted by Crippen LogP contribution is -2.45. The molecule has 1 atom stereocenters. The number of hydrogen-bond acceptors (Lipinski definition) is 2. The SMILES string of the molecule is C[Si]c1cc([Si])cc([Si](C)(C)CCCOc2ccc(C(C)(c3ccccc3)c3ccc(OCCC[Si](C)(C)c4cc([Si])cc([Si])c4)cc3)cc2)c1. The number of ether oxygens (including phenoxy) is 2. The van der Waals surface area contributed by atoms with E-state index in [0.29, 0.717) is 6.61 Å². The molecular formula is C43H49O2Si6. The van der Waals surface area contributed by atoms with E-state index in [2.05, 4.69) is 186 Å². The second-order valence-electron chi connectivity index (χ2n) is 15.1. The fourth-order valence-corrected chi connectivity index (χ4v) is 14.1. The monoisotopic (exact) mass is 765 g/mol. The van der Waals surface area contributed by atoms with Crippen LogP contribution in [0.3, 0.4) is 0 Å². The first-order valence-corrected chi connectivity index (χ1v) is 27.4. The van der Waals surface area contributed by atoms with E-state index >= 15 is 0 Å². The second kappa shape index (κ2) is 17.2. The number of rotatable bonds is 16. The van der Waals surface area contributed by atoms with Gasteiger partial charge in [-0.3, -0.25) is 0 Å². The van der Waals surface area contributed by atoms with Crippen LogP contribution in [0.5, 0.6) is 11.5 Å². The van der Waals surface area contributed by atoms with E-state index in [1.54, 1.807) is 0 Å². The van der Waals surface area contributed by atoms with Crippen LogP contribution in [0.1, 0.15) is 36.5 Å². The first kappa shape index (κ1) is 39.2. The van der Waals surface area contributed by atoms with E-state index in [-0.39, 0.29) is 5.41 Å². The van der Waals surface area contributed by atoms with Crippen LogP contribution in [0.2, 0.25) is 44.8 Å². The number of benzene rings is 5. The van der Waals surface area contributed by atoms with E-state index in [0.717, 1.165) is 50.8 Å². The lowest BCUT2D eigenvalue weighted by molar-refractivity contribution is 0.316. The molecule has 0 aliphatic carbocycles. The lowest BCUT2D eigenvalue weighted by Gasteiger charge is -2.32. The first-order chi connectivity index (χ1) is 24.3. The molecule has 257 valence electrons. The van der Waals surface area contributed by atoms with E-state index < -0.39 is 16.1 Å². The Morgan fingerprint density at radius 1 is 0.549 bits per heavy atom. The van der Waals surface area contributed by atoms with Gasteiger partial charge >= 0.3 is 0 Å². The van der Waals surface area contributed by atoms with Crippen molar-refractivity contribution in [1.29, 1.82) is 0 Å². The van der Waals surface area contributed by atoms with Gasteiger partial charge in [0.2, 0.25) is 0 Å². The summed E-state index contributed by atoms with van der Waals surface area (Å²) in [5.41, 5.74) is 3.39. The third-order valence-electron chi connectivity index (χ3n) is 10.4. The molecule has 8 heteroatoms. The van der Waals surface area contributed by atoms with Crippen molar-refractivity contribution in [2.45, 2.75) is 70.0 Å². The normalized spacial score (nSPS) is 13.1. The second-order valence-corrected chi connectivity index (χ2v) is 27.6. The third-order valence-corrected chi connectivity index (χ3v) is 19.0. The average Bonchev–Trinajstić information content (AvgIpc) is 3.12. The minimum atomic E-state index is -1.58. The lowest BCUT2D eigenvalue weighted by atomic mass is 9.71. The molecule has 0 saturated heterocycles. The van der Waals surface area contributed by atoms with Crippen LogP contribution in [0, 0.1) is 0 Å². The largest absolute Gasteiger partial charge is 0.494 e. The van der Waals surface area contributed by atoms with Gasteiger partial charge < -0.3 is 9.47 Å². The Morgan fingerprint density at radius 3 is 1.41 bits per heavy atom. The summed E-state index contributed by atoms with van der Waals surface area (Å²) in [5, 5.41) is 7.84. The molecule has 5 rings (SSSR count). The van der Waals surface area contributed by atoms with Crippen molar-refractivity contribution in [2.75, 3.05) is 13.2 Å². The van der Waals surface area contributed by atoms with Crippen molar-refractivity contribution in [1.82, 2.24) is 0 Å². The summed E-state index contributed by atoms with van der Waals surface area (Å²) in [6, 6.07) is 44.2. The van der Waals surface area contributed by atoms with Crippen molar-refractivity contribution in [3.8, 4) is 11.5 Å². The minimum absolute atomic E-state index is 0.330. The van der Waals surface area contributed by atoms with Crippen molar-refractivity contribution in [2.24, 2.45) is 0 Å². The molecule has 11 radical (unpaired) electrons. The van der Waals surface area contributed by atoms with E-state index in [4.69, 9.17) is 9.47 Å². The van der Waals surface area contributed by atoms with Gasteiger partial charge in [0.05, 0.1) is 69.6 Å². The van der Waals surface area contributed by atoms with Crippen LogP contribution in [-0.4, -0.2) is 69.6 Å². The molecule has 0 aliphatic rings. The molecule has 0 aromatic heterocycles. The maximum absolute atomic E-state index is 6.30. The summed E-state index contributed by atoms with van der Waals surface area (Å²) >= 11 is 0. The summed E-state index contributed by atoms with van der Waals surface area (Å²) in [7, 11) is 8.89. The van der Waals surface area contributed by atoms with Crippen LogP contribution < -0.4 is 40.6 Å². The van der Waals surface area contributed by atoms with Gasteiger partial charge in [0.15, 0.2) is 0 Å². The van der Waals surface area contributed by atoms with Gasteiger partial charge in [-0.15, -0.1) is 0 Å². The molecule has 0 aliphatic heterocycles. The van der Waals surface area contributed by atoms with Gasteiger partial charge in [0, 0.05) is 5.41 Å². The van der Waals surface area contributed by atoms with Gasteiger partial charge in [-0.1, -0.05) is 167 Å². The van der Waals surface area contributed by atoms with Gasteiger partial charge in [0.25, 0.3) is 0 Å². The summed E-state index contributed by atoms with van der Waals surface area (Å²) < 4.78 is 12.6. The van der Waals surface area contributed by atoms with Crippen molar-refractivity contribution < 1.29 is 9.47 Å². The predicted octanol–water partition coefficient (Wildman–Crippen LogP) is 5.57. The van der Waals surface area contributed by atoms with Gasteiger partial charge in [-0.05, 0) is 60.7 Å². The molecule has 0 N–H and O–H groups in total. The Balaban J connectivity index is 1.21. The molecule has 0 heterocycles. The highest BCUT2D eigenvalue weighted by molar-refractivity contribution is 6.90. The average molecular weight is 766 g/mol. The van der Waals surface area contributed by atoms with E-state index in [1.807, 2.05) is 0 Å². The zero-order valence-electron chi connectivity index (χ0n) is 31.0. The maximum Gasteiger partial charge on any atom is 0.119 e. The van der Waals surface area contributed by atoms with Crippen molar-refractivity contribution >= 4 is 87.5 Å². The molecule has 0 amide bonds. The molecule has 5 aromatic rings. The highest BCUT2D eigenvalue weighted by Crippen LogP contribution is 2.40. The summed E-state index contributed by atoms with van der Waals surface area (Å²) in [6.45, 7) is 15.8. The molecular weight excluding hydrogens is 717 g/mol. The molecule has 5 aromatic carbocycles. The standard InChI is InChI=1S/C43H49O2Si6/c1-43(32-12-8-7-9-13-32,33-14-18-35(19-15-33)44-22-10-24-50(3,4)41-28-37(46)26-38(47)29-41)34-16-20-36(21-17-34)45-23-11-25-51(5,6)42-30-39(48)27-40(31-42)49-2/h7-9,12-21,26-31H,10-11,22-25H2,1-6H3. The fraction of sp³-hybridized carbons (Fsp3) is 0.302. The Labute approximate surface area is 321 Å². The summed E-state index contributed by atoms with van der Waals surface area (Å²) in [4.78, 5) is 0. The molecule has 1 unspecified atom stereocenters. The van der Waals surface area contributed by atoms with Crippen LogP contribution in [0.25, 0.3) is 0 Å². The first-order valence-electron chi connectivity index (χ1n) is 18.0. The Bertz CT molecular complexity index is 1850. The Kier molecular flexibility index (Phi) is 13.2. The topological polar surface area (TPSA) is 18.5 Å². The minimum Gasteiger partial charge on any atom is -0.494 e. The zero-order valence-corrected chi connectivity index (χ0v) is 37.0. The summed E-state index contributed by atoms with van der Waals surface area (Å²) in [5.74, 6) is 1.84. The molecule has 0 spiro atoms. The van der Waals surface area contributed by atoms with Crippen LogP contribution in [0.15, 0.2) is 115 Å². The molecule has 0 fully saturated rings. The highest BCUT2D eigenvalue weighted by Gasteiger charge is 2.31. The maximum atomic E-state index is 6.30. The van der Waals surface area contributed by atoms with Gasteiger partial charge in [-0.2, -0.15) is 0 Å². The number of hydrogen-bond donors (Lipinski definition) is 0. The van der Waals surface area contributed by atoms with Crippen LogP contribution in [0.4, 0.5) is 0 Å². The van der Waals surface area contributed by atoms with E-state index in [1.165, 1.54) is 49.5 Å². The van der Waals surface area contributed by atoms with Crippen molar-refractivity contribution in [3.63, 3.8) is 0 Å². The van der Waals surface area contributed by atoms with E-state index in [9.17, 15) is 0 Å². The fourth-order valence-electron chi connectivity index (χ4n) is 6.92. The zero-order chi connectivity index (χ0) is 36.6. The Morgan fingerprint density at radius 2 is 0.961 bits per heavy atom.